The summed E-state index contributed by atoms with van der Waals surface area (Å²) >= 11 is 1.10. The Morgan fingerprint density at radius 1 is 0.981 bits per heavy atom. The van der Waals surface area contributed by atoms with E-state index < -0.39 is 59.9 Å². The molecule has 1 fully saturated rings. The molecule has 2 N–H and O–H groups in total. The number of aromatic nitrogens is 1. The minimum atomic E-state index is -1.10. The molecular weight excluding hydrogens is 713 g/mol. The molecule has 0 spiro atoms. The Morgan fingerprint density at radius 2 is 1.63 bits per heavy atom. The van der Waals surface area contributed by atoms with Crippen molar-refractivity contribution in [2.45, 2.75) is 169 Å². The fraction of sp³-hybridized carbons (Fsp3) is 0.800. The first-order valence-corrected chi connectivity index (χ1v) is 20.6. The lowest BCUT2D eigenvalue weighted by molar-refractivity contribution is -0.159. The highest BCUT2D eigenvalue weighted by Crippen LogP contribution is 2.29. The number of nitrogens with zero attached hydrogens (tertiary/aromatic N) is 3. The lowest BCUT2D eigenvalue weighted by atomic mass is 9.91. The van der Waals surface area contributed by atoms with Crippen LogP contribution in [0.25, 0.3) is 0 Å². The second-order valence-electron chi connectivity index (χ2n) is 16.8. The summed E-state index contributed by atoms with van der Waals surface area (Å²) in [4.78, 5) is 74.2. The Kier molecular flexibility index (Phi) is 19.0. The minimum Gasteiger partial charge on any atom is -0.459 e. The fourth-order valence-corrected chi connectivity index (χ4v) is 7.25. The molecule has 1 aliphatic rings. The van der Waals surface area contributed by atoms with Crippen LogP contribution >= 0.6 is 11.3 Å². The van der Waals surface area contributed by atoms with Crippen molar-refractivity contribution in [2.24, 2.45) is 11.8 Å². The summed E-state index contributed by atoms with van der Waals surface area (Å²) in [6.07, 6.45) is 5.71. The van der Waals surface area contributed by atoms with Crippen molar-refractivity contribution in [2.75, 3.05) is 26.2 Å². The van der Waals surface area contributed by atoms with Crippen molar-refractivity contribution in [1.29, 1.82) is 0 Å². The van der Waals surface area contributed by atoms with Crippen LogP contribution in [-0.2, 0) is 33.4 Å². The maximum absolute atomic E-state index is 14.7. The molecule has 54 heavy (non-hydrogen) atoms. The third-order valence-corrected chi connectivity index (χ3v) is 10.3. The number of rotatable bonds is 20. The zero-order valence-electron chi connectivity index (χ0n) is 34.7. The van der Waals surface area contributed by atoms with Gasteiger partial charge in [0, 0.05) is 24.4 Å². The van der Waals surface area contributed by atoms with Gasteiger partial charge in [0.15, 0.2) is 12.3 Å². The van der Waals surface area contributed by atoms with Crippen molar-refractivity contribution in [3.05, 3.63) is 16.1 Å². The Hall–Kier alpha value is -3.10. The van der Waals surface area contributed by atoms with E-state index in [1.54, 1.807) is 20.8 Å². The van der Waals surface area contributed by atoms with Crippen LogP contribution in [-0.4, -0.2) is 105 Å². The predicted molar refractivity (Wildman–Crippen MR) is 209 cm³/mol. The van der Waals surface area contributed by atoms with Crippen LogP contribution in [0.5, 0.6) is 0 Å². The molecule has 1 aliphatic heterocycles. The minimum absolute atomic E-state index is 0.00585. The summed E-state index contributed by atoms with van der Waals surface area (Å²) < 4.78 is 15.8. The molecule has 0 saturated carbocycles. The average Bonchev–Trinajstić information content (AvgIpc) is 3.57. The standard InChI is InChI=1S/C40H68N4O9S/c1-12-14-15-17-21-44(30(26(3)4)22-31(45)36-41-28(25-54-36)38(50)51-24-33(47)53-40(9,10)11)37(49)34(27(5)13-2)42-35(48)29-19-16-18-20-43(29)23-32(46)52-39(6,7)8/h25-27,29-31,34,45H,12-24H2,1-11H3,(H,42,48)/t27-,29?,30+,31+,34-/m0/s1. The largest absolute Gasteiger partial charge is 0.459 e. The van der Waals surface area contributed by atoms with Gasteiger partial charge in [-0.05, 0) is 79.2 Å². The Balaban J connectivity index is 2.31. The number of unbranched alkanes of at least 4 members (excludes halogenated alkanes) is 3. The second kappa shape index (κ2) is 21.8. The molecule has 1 unspecified atom stereocenters. The Morgan fingerprint density at radius 3 is 2.22 bits per heavy atom. The maximum atomic E-state index is 14.7. The van der Waals surface area contributed by atoms with Gasteiger partial charge in [0.25, 0.3) is 0 Å². The number of aliphatic hydroxyl groups excluding tert-OH is 1. The zero-order chi connectivity index (χ0) is 40.8. The topological polar surface area (TPSA) is 165 Å². The van der Waals surface area contributed by atoms with Crippen molar-refractivity contribution < 1.29 is 43.3 Å². The maximum Gasteiger partial charge on any atom is 0.358 e. The number of nitrogens with one attached hydrogen (secondary N) is 1. The van der Waals surface area contributed by atoms with E-state index in [2.05, 4.69) is 17.2 Å². The van der Waals surface area contributed by atoms with Crippen molar-refractivity contribution >= 4 is 41.1 Å². The van der Waals surface area contributed by atoms with E-state index in [0.29, 0.717) is 25.9 Å². The number of thiazole rings is 1. The number of esters is 3. The molecule has 1 aromatic heterocycles. The molecule has 13 nitrogen and oxygen atoms in total. The van der Waals surface area contributed by atoms with Gasteiger partial charge < -0.3 is 29.5 Å². The molecule has 308 valence electrons. The summed E-state index contributed by atoms with van der Waals surface area (Å²) in [6, 6.07) is -1.80. The summed E-state index contributed by atoms with van der Waals surface area (Å²) in [5.41, 5.74) is -1.40. The van der Waals surface area contributed by atoms with Gasteiger partial charge >= 0.3 is 17.9 Å². The van der Waals surface area contributed by atoms with Crippen molar-refractivity contribution in [3.8, 4) is 0 Å². The van der Waals surface area contributed by atoms with E-state index in [-0.39, 0.29) is 47.3 Å². The summed E-state index contributed by atoms with van der Waals surface area (Å²) in [5, 5.41) is 16.4. The van der Waals surface area contributed by atoms with Crippen LogP contribution in [0.1, 0.15) is 156 Å². The van der Waals surface area contributed by atoms with Crippen molar-refractivity contribution in [3.63, 3.8) is 0 Å². The van der Waals surface area contributed by atoms with Crippen molar-refractivity contribution in [1.82, 2.24) is 20.1 Å². The third kappa shape index (κ3) is 15.9. The molecule has 0 radical (unpaired) electrons. The SMILES string of the molecule is CCCCCCN(C(=O)[C@@H](NC(=O)C1CCCCN1CC(=O)OC(C)(C)C)[C@@H](C)CC)[C@H](C[C@@H](O)c1nc(C(=O)OCC(=O)OC(C)(C)C)cs1)C(C)C. The Bertz CT molecular complexity index is 1370. The van der Waals surface area contributed by atoms with E-state index in [0.717, 1.165) is 49.9 Å². The van der Waals surface area contributed by atoms with Gasteiger partial charge in [0.1, 0.15) is 28.4 Å². The van der Waals surface area contributed by atoms with E-state index >= 15 is 0 Å². The number of likely N-dealkylation sites (tertiary alicyclic amines) is 1. The van der Waals surface area contributed by atoms with Gasteiger partial charge in [0.2, 0.25) is 11.8 Å². The molecule has 2 rings (SSSR count). The highest BCUT2D eigenvalue weighted by atomic mass is 32.1. The number of piperidine rings is 1. The number of ether oxygens (including phenoxy) is 3. The van der Waals surface area contributed by atoms with E-state index in [9.17, 15) is 29.1 Å². The quantitative estimate of drug-likeness (QED) is 0.0877. The molecule has 0 aromatic carbocycles. The smallest absolute Gasteiger partial charge is 0.358 e. The summed E-state index contributed by atoms with van der Waals surface area (Å²) in [5.74, 6) is -2.62. The van der Waals surface area contributed by atoms with Gasteiger partial charge in [-0.15, -0.1) is 11.3 Å². The molecule has 2 heterocycles. The number of aliphatic hydroxyl groups is 1. The monoisotopic (exact) mass is 780 g/mol. The first-order valence-electron chi connectivity index (χ1n) is 19.8. The van der Waals surface area contributed by atoms with Gasteiger partial charge in [-0.1, -0.05) is 66.7 Å². The normalized spacial score (nSPS) is 17.6. The molecular formula is C40H68N4O9S. The number of hydrogen-bond donors (Lipinski definition) is 2. The molecule has 0 bridgehead atoms. The predicted octanol–water partition coefficient (Wildman–Crippen LogP) is 6.23. The van der Waals surface area contributed by atoms with Gasteiger partial charge in [0.05, 0.1) is 12.6 Å². The first-order chi connectivity index (χ1) is 25.2. The van der Waals surface area contributed by atoms with Crippen LogP contribution in [0.3, 0.4) is 0 Å². The second-order valence-corrected chi connectivity index (χ2v) is 17.7. The average molecular weight is 781 g/mol. The molecule has 1 aromatic rings. The van der Waals surface area contributed by atoms with E-state index in [4.69, 9.17) is 14.2 Å². The lowest BCUT2D eigenvalue weighted by Crippen LogP contribution is -2.59. The van der Waals surface area contributed by atoms with Gasteiger partial charge in [-0.25, -0.2) is 14.6 Å². The first kappa shape index (κ1) is 47.1. The molecule has 1 saturated heterocycles. The molecule has 2 amide bonds. The van der Waals surface area contributed by atoms with Gasteiger partial charge in [-0.3, -0.25) is 19.3 Å². The highest BCUT2D eigenvalue weighted by molar-refractivity contribution is 7.09. The number of carbonyl (C=O) groups excluding carboxylic acids is 5. The third-order valence-electron chi connectivity index (χ3n) is 9.37. The molecule has 5 atom stereocenters. The van der Waals surface area contributed by atoms with Crippen LogP contribution in [0.15, 0.2) is 5.38 Å². The number of hydrogen-bond acceptors (Lipinski definition) is 12. The lowest BCUT2D eigenvalue weighted by Gasteiger charge is -2.40. The number of carbonyl (C=O) groups is 5. The number of amides is 2. The zero-order valence-corrected chi connectivity index (χ0v) is 35.5. The molecule has 0 aliphatic carbocycles. The highest BCUT2D eigenvalue weighted by Gasteiger charge is 2.39. The van der Waals surface area contributed by atoms with Crippen LogP contribution in [0.4, 0.5) is 0 Å². The fourth-order valence-electron chi connectivity index (χ4n) is 6.47. The Labute approximate surface area is 327 Å². The van der Waals surface area contributed by atoms with E-state index in [1.165, 1.54) is 5.38 Å². The van der Waals surface area contributed by atoms with Gasteiger partial charge in [-0.2, -0.15) is 0 Å². The van der Waals surface area contributed by atoms with Crippen LogP contribution in [0, 0.1) is 11.8 Å². The molecule has 14 heteroatoms. The van der Waals surface area contributed by atoms with Crippen LogP contribution in [0.2, 0.25) is 0 Å². The van der Waals surface area contributed by atoms with Crippen LogP contribution < -0.4 is 5.32 Å². The summed E-state index contributed by atoms with van der Waals surface area (Å²) in [7, 11) is 0. The van der Waals surface area contributed by atoms with E-state index in [1.807, 2.05) is 58.3 Å². The summed E-state index contributed by atoms with van der Waals surface area (Å²) in [6.45, 7) is 21.1.